The van der Waals surface area contributed by atoms with E-state index in [9.17, 15) is 4.39 Å². The number of ether oxygens (including phenoxy) is 1. The first kappa shape index (κ1) is 19.4. The van der Waals surface area contributed by atoms with Gasteiger partial charge < -0.3 is 19.4 Å². The van der Waals surface area contributed by atoms with Gasteiger partial charge in [0.1, 0.15) is 17.6 Å². The van der Waals surface area contributed by atoms with Crippen LogP contribution < -0.4 is 5.32 Å². The number of aryl methyl sites for hydroxylation is 1. The highest BCUT2D eigenvalue weighted by atomic mass is 19.1. The Hall–Kier alpha value is -2.93. The number of nitrogens with zero attached hydrogens (tertiary/aromatic N) is 4. The first-order chi connectivity index (χ1) is 14.0. The Morgan fingerprint density at radius 1 is 1.24 bits per heavy atom. The smallest absolute Gasteiger partial charge is 0.194 e. The first-order valence-electron chi connectivity index (χ1n) is 9.83. The van der Waals surface area contributed by atoms with Crippen LogP contribution in [0.3, 0.4) is 0 Å². The van der Waals surface area contributed by atoms with Crippen LogP contribution in [0.25, 0.3) is 5.65 Å². The molecular weight excluding hydrogens is 369 g/mol. The minimum Gasteiger partial charge on any atom is -0.367 e. The van der Waals surface area contributed by atoms with Crippen LogP contribution in [0.1, 0.15) is 30.0 Å². The van der Waals surface area contributed by atoms with Gasteiger partial charge in [-0.15, -0.1) is 0 Å². The number of guanidine groups is 1. The van der Waals surface area contributed by atoms with Crippen LogP contribution in [-0.4, -0.2) is 46.5 Å². The number of benzene rings is 1. The highest BCUT2D eigenvalue weighted by Gasteiger charge is 2.28. The van der Waals surface area contributed by atoms with E-state index >= 15 is 0 Å². The van der Waals surface area contributed by atoms with Crippen molar-refractivity contribution in [2.45, 2.75) is 32.6 Å². The van der Waals surface area contributed by atoms with Gasteiger partial charge >= 0.3 is 0 Å². The summed E-state index contributed by atoms with van der Waals surface area (Å²) in [6, 6.07) is 12.6. The molecule has 0 radical (unpaired) electrons. The number of imidazole rings is 1. The topological polar surface area (TPSA) is 54.2 Å². The summed E-state index contributed by atoms with van der Waals surface area (Å²) in [6.45, 7) is 6.08. The quantitative estimate of drug-likeness (QED) is 0.546. The Morgan fingerprint density at radius 2 is 2.03 bits per heavy atom. The number of morpholine rings is 1. The summed E-state index contributed by atoms with van der Waals surface area (Å²) in [5.41, 5.74) is 4.01. The van der Waals surface area contributed by atoms with E-state index in [0.29, 0.717) is 13.1 Å². The maximum atomic E-state index is 13.3. The van der Waals surface area contributed by atoms with Gasteiger partial charge in [-0.25, -0.2) is 9.37 Å². The van der Waals surface area contributed by atoms with Gasteiger partial charge in [-0.1, -0.05) is 18.2 Å². The van der Waals surface area contributed by atoms with Crippen LogP contribution >= 0.6 is 0 Å². The molecule has 1 aliphatic heterocycles. The zero-order chi connectivity index (χ0) is 20.4. The van der Waals surface area contributed by atoms with Crippen molar-refractivity contribution in [3.05, 3.63) is 71.4 Å². The maximum absolute atomic E-state index is 13.3. The summed E-state index contributed by atoms with van der Waals surface area (Å²) < 4.78 is 21.4. The molecule has 3 heterocycles. The lowest BCUT2D eigenvalue weighted by atomic mass is 10.1. The molecule has 4 rings (SSSR count). The number of halogens is 1. The highest BCUT2D eigenvalue weighted by molar-refractivity contribution is 5.80. The van der Waals surface area contributed by atoms with Gasteiger partial charge in [-0.3, -0.25) is 4.99 Å². The molecule has 1 fully saturated rings. The van der Waals surface area contributed by atoms with Crippen LogP contribution in [0, 0.1) is 12.7 Å². The fraction of sp³-hybridized carbons (Fsp3) is 0.364. The molecule has 6 nitrogen and oxygen atoms in total. The zero-order valence-electron chi connectivity index (χ0n) is 17.0. The van der Waals surface area contributed by atoms with E-state index in [1.807, 2.05) is 25.3 Å². The van der Waals surface area contributed by atoms with E-state index in [-0.39, 0.29) is 18.0 Å². The second-order valence-electron chi connectivity index (χ2n) is 7.42. The molecule has 2 unspecified atom stereocenters. The minimum atomic E-state index is -0.241. The Kier molecular flexibility index (Phi) is 5.49. The number of hydrogen-bond donors (Lipinski definition) is 1. The molecule has 0 amide bonds. The van der Waals surface area contributed by atoms with Gasteiger partial charge in [-0.05, 0) is 43.7 Å². The second kappa shape index (κ2) is 8.21. The summed E-state index contributed by atoms with van der Waals surface area (Å²) in [7, 11) is 1.78. The van der Waals surface area contributed by atoms with Crippen LogP contribution in [-0.2, 0) is 11.3 Å². The fourth-order valence-corrected chi connectivity index (χ4v) is 3.77. The lowest BCUT2D eigenvalue weighted by Gasteiger charge is -2.38. The molecule has 0 bridgehead atoms. The lowest BCUT2D eigenvalue weighted by molar-refractivity contribution is -0.0605. The molecule has 0 spiro atoms. The van der Waals surface area contributed by atoms with E-state index in [1.54, 1.807) is 19.2 Å². The van der Waals surface area contributed by atoms with Crippen molar-refractivity contribution in [3.63, 3.8) is 0 Å². The zero-order valence-corrected chi connectivity index (χ0v) is 17.0. The van der Waals surface area contributed by atoms with Gasteiger partial charge in [-0.2, -0.15) is 0 Å². The Labute approximate surface area is 170 Å². The molecule has 0 aliphatic carbocycles. The SMILES string of the molecule is CN=C(NCc1cn2c(C)cccc2n1)N1CC(C)OC(c2ccc(F)cc2)C1. The van der Waals surface area contributed by atoms with Gasteiger partial charge in [0.2, 0.25) is 0 Å². The van der Waals surface area contributed by atoms with Crippen LogP contribution in [0.5, 0.6) is 0 Å². The number of rotatable bonds is 3. The molecule has 1 aromatic carbocycles. The second-order valence-corrected chi connectivity index (χ2v) is 7.42. The van der Waals surface area contributed by atoms with Gasteiger partial charge in [0.25, 0.3) is 0 Å². The number of pyridine rings is 1. The fourth-order valence-electron chi connectivity index (χ4n) is 3.77. The monoisotopic (exact) mass is 395 g/mol. The van der Waals surface area contributed by atoms with Crippen molar-refractivity contribution in [1.82, 2.24) is 19.6 Å². The number of hydrogen-bond acceptors (Lipinski definition) is 3. The molecule has 2 aromatic heterocycles. The molecule has 1 aliphatic rings. The number of fused-ring (bicyclic) bond motifs is 1. The normalized spacial score (nSPS) is 20.3. The summed E-state index contributed by atoms with van der Waals surface area (Å²) >= 11 is 0. The maximum Gasteiger partial charge on any atom is 0.194 e. The number of aliphatic imine (C=N–C) groups is 1. The molecule has 1 N–H and O–H groups in total. The van der Waals surface area contributed by atoms with Crippen molar-refractivity contribution in [2.75, 3.05) is 20.1 Å². The number of nitrogens with one attached hydrogen (secondary N) is 1. The Bertz CT molecular complexity index is 1010. The van der Waals surface area contributed by atoms with Crippen LogP contribution in [0.2, 0.25) is 0 Å². The Morgan fingerprint density at radius 3 is 2.76 bits per heavy atom. The average Bonchev–Trinajstić information content (AvgIpc) is 3.13. The average molecular weight is 395 g/mol. The third-order valence-electron chi connectivity index (χ3n) is 5.19. The number of aromatic nitrogens is 2. The van der Waals surface area contributed by atoms with Gasteiger partial charge in [0.15, 0.2) is 5.96 Å². The largest absolute Gasteiger partial charge is 0.367 e. The molecular formula is C22H26FN5O. The predicted octanol–water partition coefficient (Wildman–Crippen LogP) is 3.32. The van der Waals surface area contributed by atoms with Crippen molar-refractivity contribution in [1.29, 1.82) is 0 Å². The van der Waals surface area contributed by atoms with E-state index in [4.69, 9.17) is 4.74 Å². The first-order valence-corrected chi connectivity index (χ1v) is 9.83. The third kappa shape index (κ3) is 4.24. The summed E-state index contributed by atoms with van der Waals surface area (Å²) in [4.78, 5) is 11.3. The van der Waals surface area contributed by atoms with E-state index in [1.165, 1.54) is 12.1 Å². The molecule has 29 heavy (non-hydrogen) atoms. The molecule has 7 heteroatoms. The van der Waals surface area contributed by atoms with Crippen LogP contribution in [0.15, 0.2) is 53.7 Å². The molecule has 2 atom stereocenters. The standard InChI is InChI=1S/C22H26FN5O/c1-15-5-4-6-21-26-19(13-28(15)21)11-25-22(24-3)27-12-16(2)29-20(14-27)17-7-9-18(23)10-8-17/h4-10,13,16,20H,11-12,14H2,1-3H3,(H,24,25). The molecule has 0 saturated carbocycles. The molecule has 1 saturated heterocycles. The van der Waals surface area contributed by atoms with E-state index in [2.05, 4.69) is 37.6 Å². The summed E-state index contributed by atoms with van der Waals surface area (Å²) in [5.74, 6) is 0.565. The molecule has 3 aromatic rings. The van der Waals surface area contributed by atoms with E-state index in [0.717, 1.165) is 35.1 Å². The molecule has 152 valence electrons. The van der Waals surface area contributed by atoms with E-state index < -0.39 is 0 Å². The van der Waals surface area contributed by atoms with Gasteiger partial charge in [0, 0.05) is 25.5 Å². The van der Waals surface area contributed by atoms with Crippen molar-refractivity contribution < 1.29 is 9.13 Å². The minimum absolute atomic E-state index is 0.0372. The third-order valence-corrected chi connectivity index (χ3v) is 5.19. The highest BCUT2D eigenvalue weighted by Crippen LogP contribution is 2.25. The lowest BCUT2D eigenvalue weighted by Crippen LogP contribution is -2.50. The van der Waals surface area contributed by atoms with Crippen LogP contribution in [0.4, 0.5) is 4.39 Å². The van der Waals surface area contributed by atoms with Gasteiger partial charge in [0.05, 0.1) is 24.9 Å². The van der Waals surface area contributed by atoms with Crippen molar-refractivity contribution in [3.8, 4) is 0 Å². The Balaban J connectivity index is 1.46. The summed E-state index contributed by atoms with van der Waals surface area (Å²) in [6.07, 6.45) is 1.96. The van der Waals surface area contributed by atoms with Crippen molar-refractivity contribution in [2.24, 2.45) is 4.99 Å². The van der Waals surface area contributed by atoms with Crippen molar-refractivity contribution >= 4 is 11.6 Å². The predicted molar refractivity (Wildman–Crippen MR) is 111 cm³/mol. The summed E-state index contributed by atoms with van der Waals surface area (Å²) in [5, 5.41) is 3.42.